The molecule has 2 rings (SSSR count). The van der Waals surface area contributed by atoms with E-state index >= 15 is 0 Å². The van der Waals surface area contributed by atoms with E-state index in [0.29, 0.717) is 19.1 Å². The zero-order valence-corrected chi connectivity index (χ0v) is 13.9. The molecule has 0 aliphatic carbocycles. The number of hydrogen-bond donors (Lipinski definition) is 1. The normalized spacial score (nSPS) is 20.3. The van der Waals surface area contributed by atoms with E-state index in [0.717, 1.165) is 24.1 Å². The van der Waals surface area contributed by atoms with Crippen molar-refractivity contribution in [2.24, 2.45) is 0 Å². The third kappa shape index (κ3) is 4.26. The second-order valence-electron chi connectivity index (χ2n) is 5.87. The summed E-state index contributed by atoms with van der Waals surface area (Å²) in [5.41, 5.74) is 1.97. The number of nitrogens with zero attached hydrogens (tertiary/aromatic N) is 2. The average molecular weight is 311 g/mol. The summed E-state index contributed by atoms with van der Waals surface area (Å²) in [7, 11) is 2.66. The van der Waals surface area contributed by atoms with Crippen molar-refractivity contribution in [2.45, 2.75) is 24.8 Å². The Morgan fingerprint density at radius 1 is 1.33 bits per heavy atom. The van der Waals surface area contributed by atoms with Gasteiger partial charge in [0.15, 0.2) is 0 Å². The molecule has 1 unspecified atom stereocenters. The molecule has 1 aromatic carbocycles. The zero-order valence-electron chi connectivity index (χ0n) is 13.0. The Morgan fingerprint density at radius 2 is 2.05 bits per heavy atom. The van der Waals surface area contributed by atoms with E-state index in [-0.39, 0.29) is 5.75 Å². The van der Waals surface area contributed by atoms with Crippen LogP contribution in [0.5, 0.6) is 0 Å². The van der Waals surface area contributed by atoms with Crippen molar-refractivity contribution in [3.63, 3.8) is 0 Å². The summed E-state index contributed by atoms with van der Waals surface area (Å²) in [6.07, 6.45) is 0.909. The number of hydrogen-bond acceptors (Lipinski definition) is 4. The SMILES string of the molecule is CNCc1cccc(CS(=O)(=O)N2CCC(N(C)C)C2)c1. The molecule has 21 heavy (non-hydrogen) atoms. The summed E-state index contributed by atoms with van der Waals surface area (Å²) in [6, 6.07) is 8.11. The van der Waals surface area contributed by atoms with Crippen LogP contribution in [-0.2, 0) is 22.3 Å². The van der Waals surface area contributed by atoms with Gasteiger partial charge in [-0.1, -0.05) is 24.3 Å². The Kier molecular flexibility index (Phi) is 5.37. The molecule has 0 spiro atoms. The first-order valence-corrected chi connectivity index (χ1v) is 8.90. The molecule has 1 heterocycles. The second-order valence-corrected chi connectivity index (χ2v) is 7.84. The van der Waals surface area contributed by atoms with E-state index in [1.165, 1.54) is 0 Å². The summed E-state index contributed by atoms with van der Waals surface area (Å²) in [4.78, 5) is 2.10. The number of nitrogens with one attached hydrogen (secondary N) is 1. The van der Waals surface area contributed by atoms with Crippen LogP contribution in [0.25, 0.3) is 0 Å². The molecular formula is C15H25N3O2S. The highest BCUT2D eigenvalue weighted by molar-refractivity contribution is 7.88. The van der Waals surface area contributed by atoms with Crippen molar-refractivity contribution in [1.29, 1.82) is 0 Å². The Morgan fingerprint density at radius 3 is 2.67 bits per heavy atom. The van der Waals surface area contributed by atoms with Gasteiger partial charge in [-0.25, -0.2) is 12.7 Å². The summed E-state index contributed by atoms with van der Waals surface area (Å²) >= 11 is 0. The molecule has 0 radical (unpaired) electrons. The summed E-state index contributed by atoms with van der Waals surface area (Å²) < 4.78 is 26.7. The molecule has 0 saturated carbocycles. The fourth-order valence-corrected chi connectivity index (χ4v) is 4.29. The fraction of sp³-hybridized carbons (Fsp3) is 0.600. The van der Waals surface area contributed by atoms with Crippen molar-refractivity contribution in [3.05, 3.63) is 35.4 Å². The minimum Gasteiger partial charge on any atom is -0.316 e. The van der Waals surface area contributed by atoms with Crippen LogP contribution in [0.3, 0.4) is 0 Å². The lowest BCUT2D eigenvalue weighted by Crippen LogP contribution is -2.35. The quantitative estimate of drug-likeness (QED) is 0.847. The van der Waals surface area contributed by atoms with Crippen molar-refractivity contribution in [2.75, 3.05) is 34.2 Å². The molecule has 0 aromatic heterocycles. The Bertz CT molecular complexity index is 572. The Hall–Kier alpha value is -0.950. The number of likely N-dealkylation sites (N-methyl/N-ethyl adjacent to an activating group) is 1. The van der Waals surface area contributed by atoms with Gasteiger partial charge >= 0.3 is 0 Å². The van der Waals surface area contributed by atoms with Crippen LogP contribution < -0.4 is 5.32 Å². The molecule has 1 aliphatic heterocycles. The molecule has 1 saturated heterocycles. The van der Waals surface area contributed by atoms with Gasteiger partial charge < -0.3 is 10.2 Å². The highest BCUT2D eigenvalue weighted by Crippen LogP contribution is 2.20. The lowest BCUT2D eigenvalue weighted by atomic mass is 10.1. The molecule has 5 nitrogen and oxygen atoms in total. The molecule has 6 heteroatoms. The van der Waals surface area contributed by atoms with Crippen LogP contribution in [0.2, 0.25) is 0 Å². The first-order valence-electron chi connectivity index (χ1n) is 7.29. The highest BCUT2D eigenvalue weighted by Gasteiger charge is 2.32. The van der Waals surface area contributed by atoms with Crippen LogP contribution in [-0.4, -0.2) is 57.9 Å². The first-order chi connectivity index (χ1) is 9.92. The standard InChI is InChI=1S/C15H25N3O2S/c1-16-10-13-5-4-6-14(9-13)12-21(19,20)18-8-7-15(11-18)17(2)3/h4-6,9,15-16H,7-8,10-12H2,1-3H3. The highest BCUT2D eigenvalue weighted by atomic mass is 32.2. The summed E-state index contributed by atoms with van der Waals surface area (Å²) in [5.74, 6) is 0.0880. The largest absolute Gasteiger partial charge is 0.316 e. The molecule has 0 bridgehead atoms. The van der Waals surface area contributed by atoms with Crippen LogP contribution in [0.1, 0.15) is 17.5 Å². The van der Waals surface area contributed by atoms with E-state index in [2.05, 4.69) is 10.2 Å². The number of rotatable bonds is 6. The summed E-state index contributed by atoms with van der Waals surface area (Å²) in [6.45, 7) is 1.98. The van der Waals surface area contributed by atoms with Crippen molar-refractivity contribution in [1.82, 2.24) is 14.5 Å². The van der Waals surface area contributed by atoms with E-state index in [9.17, 15) is 8.42 Å². The molecule has 1 aliphatic rings. The Balaban J connectivity index is 2.06. The monoisotopic (exact) mass is 311 g/mol. The summed E-state index contributed by atoms with van der Waals surface area (Å²) in [5, 5.41) is 3.08. The van der Waals surface area contributed by atoms with Gasteiger partial charge in [0.2, 0.25) is 10.0 Å². The van der Waals surface area contributed by atoms with Crippen molar-refractivity contribution < 1.29 is 8.42 Å². The van der Waals surface area contributed by atoms with Crippen molar-refractivity contribution in [3.8, 4) is 0 Å². The minimum atomic E-state index is -3.22. The topological polar surface area (TPSA) is 52.7 Å². The van der Waals surface area contributed by atoms with Gasteiger partial charge in [0.25, 0.3) is 0 Å². The van der Waals surface area contributed by atoms with Crippen LogP contribution in [0.15, 0.2) is 24.3 Å². The van der Waals surface area contributed by atoms with Crippen LogP contribution >= 0.6 is 0 Å². The molecule has 1 fully saturated rings. The predicted octanol–water partition coefficient (Wildman–Crippen LogP) is 0.872. The van der Waals surface area contributed by atoms with Crippen molar-refractivity contribution >= 4 is 10.0 Å². The van der Waals surface area contributed by atoms with Gasteiger partial charge in [0, 0.05) is 25.7 Å². The maximum absolute atomic E-state index is 12.5. The molecule has 1 atom stereocenters. The van der Waals surface area contributed by atoms with Crippen LogP contribution in [0.4, 0.5) is 0 Å². The lowest BCUT2D eigenvalue weighted by molar-refractivity contribution is 0.302. The molecule has 118 valence electrons. The van der Waals surface area contributed by atoms with Crippen LogP contribution in [0, 0.1) is 0 Å². The number of sulfonamides is 1. The van der Waals surface area contributed by atoms with Gasteiger partial charge in [0.1, 0.15) is 0 Å². The maximum Gasteiger partial charge on any atom is 0.218 e. The lowest BCUT2D eigenvalue weighted by Gasteiger charge is -2.20. The third-order valence-corrected chi connectivity index (χ3v) is 5.79. The second kappa shape index (κ2) is 6.87. The van der Waals surface area contributed by atoms with Gasteiger partial charge in [-0.05, 0) is 38.7 Å². The third-order valence-electron chi connectivity index (χ3n) is 3.97. The van der Waals surface area contributed by atoms with E-state index < -0.39 is 10.0 Å². The zero-order chi connectivity index (χ0) is 15.5. The minimum absolute atomic E-state index is 0.0880. The van der Waals surface area contributed by atoms with Gasteiger partial charge in [-0.15, -0.1) is 0 Å². The Labute approximate surface area is 128 Å². The molecule has 0 amide bonds. The smallest absolute Gasteiger partial charge is 0.218 e. The maximum atomic E-state index is 12.5. The molecule has 1 aromatic rings. The molecular weight excluding hydrogens is 286 g/mol. The van der Waals surface area contributed by atoms with Gasteiger partial charge in [0.05, 0.1) is 5.75 Å². The fourth-order valence-electron chi connectivity index (χ4n) is 2.72. The molecule has 1 N–H and O–H groups in total. The number of benzene rings is 1. The van der Waals surface area contributed by atoms with E-state index in [4.69, 9.17) is 0 Å². The van der Waals surface area contributed by atoms with E-state index in [1.807, 2.05) is 45.4 Å². The average Bonchev–Trinajstić information content (AvgIpc) is 2.89. The van der Waals surface area contributed by atoms with E-state index in [1.54, 1.807) is 4.31 Å². The van der Waals surface area contributed by atoms with Gasteiger partial charge in [-0.3, -0.25) is 0 Å². The first kappa shape index (κ1) is 16.4. The van der Waals surface area contributed by atoms with Gasteiger partial charge in [-0.2, -0.15) is 0 Å². The predicted molar refractivity (Wildman–Crippen MR) is 85.5 cm³/mol.